The maximum absolute atomic E-state index is 11.5. The Kier molecular flexibility index (Phi) is 4.81. The molecule has 0 aliphatic heterocycles. The Morgan fingerprint density at radius 2 is 2.05 bits per heavy atom. The van der Waals surface area contributed by atoms with E-state index in [0.29, 0.717) is 5.95 Å². The Bertz CT molecular complexity index is 624. The quantitative estimate of drug-likeness (QED) is 0.326. The summed E-state index contributed by atoms with van der Waals surface area (Å²) in [5.41, 5.74) is 9.85. The van der Waals surface area contributed by atoms with E-state index in [0.717, 1.165) is 22.0 Å². The molecule has 0 aliphatic carbocycles. The summed E-state index contributed by atoms with van der Waals surface area (Å²) < 4.78 is 1.74. The fourth-order valence-corrected chi connectivity index (χ4v) is 2.65. The minimum absolute atomic E-state index is 0.202. The summed E-state index contributed by atoms with van der Waals surface area (Å²) in [5, 5.41) is 8.57. The number of thioether (sulfide) groups is 1. The summed E-state index contributed by atoms with van der Waals surface area (Å²) in [7, 11) is 1.83. The number of nitrogen functional groups attached to an aromatic ring is 1. The second-order valence-corrected chi connectivity index (χ2v) is 5.60. The highest BCUT2D eigenvalue weighted by atomic mass is 32.2. The van der Waals surface area contributed by atoms with Crippen molar-refractivity contribution in [2.24, 2.45) is 12.9 Å². The lowest BCUT2D eigenvalue weighted by Crippen LogP contribution is -2.33. The Morgan fingerprint density at radius 1 is 1.38 bits per heavy atom. The van der Waals surface area contributed by atoms with Gasteiger partial charge < -0.3 is 5.73 Å². The van der Waals surface area contributed by atoms with E-state index >= 15 is 0 Å². The van der Waals surface area contributed by atoms with Crippen molar-refractivity contribution in [3.63, 3.8) is 0 Å². The van der Waals surface area contributed by atoms with Crippen LogP contribution >= 0.6 is 11.8 Å². The van der Waals surface area contributed by atoms with Gasteiger partial charge in [0.25, 0.3) is 0 Å². The molecule has 1 aromatic carbocycles. The molecule has 0 fully saturated rings. The van der Waals surface area contributed by atoms with Crippen LogP contribution in [0.2, 0.25) is 0 Å². The maximum atomic E-state index is 11.5. The van der Waals surface area contributed by atoms with E-state index < -0.39 is 0 Å². The molecule has 2 rings (SSSR count). The fraction of sp³-hybridized carbons (Fsp3) is 0.308. The van der Waals surface area contributed by atoms with Crippen LogP contribution < -0.4 is 17.0 Å². The van der Waals surface area contributed by atoms with Crippen LogP contribution in [0.5, 0.6) is 0 Å². The van der Waals surface area contributed by atoms with Crippen LogP contribution in [0.3, 0.4) is 0 Å². The zero-order chi connectivity index (χ0) is 15.4. The van der Waals surface area contributed by atoms with Crippen LogP contribution in [0, 0.1) is 0 Å². The summed E-state index contributed by atoms with van der Waals surface area (Å²) in [6, 6.07) is 7.84. The first kappa shape index (κ1) is 15.3. The van der Waals surface area contributed by atoms with Crippen LogP contribution in [-0.2, 0) is 17.6 Å². The van der Waals surface area contributed by atoms with Crippen molar-refractivity contribution < 1.29 is 4.79 Å². The van der Waals surface area contributed by atoms with Gasteiger partial charge in [0.05, 0.1) is 5.92 Å². The van der Waals surface area contributed by atoms with Crippen LogP contribution in [0.4, 0.5) is 5.95 Å². The number of nitrogens with zero attached hydrogens (tertiary/aromatic N) is 3. The summed E-state index contributed by atoms with van der Waals surface area (Å²) >= 11 is 1.56. The standard InChI is InChI=1S/C13H18N6OS/c1-8(11(20)16-15)10-5-3-9(4-6-10)7-21-13-18-17-12(14)19(13)2/h3-6,8H,7,15H2,1-2H3,(H2,14,17)(H,16,20). The van der Waals surface area contributed by atoms with Crippen LogP contribution in [-0.4, -0.2) is 20.7 Å². The highest BCUT2D eigenvalue weighted by Crippen LogP contribution is 2.23. The molecule has 0 saturated carbocycles. The van der Waals surface area contributed by atoms with Gasteiger partial charge in [0.2, 0.25) is 11.9 Å². The van der Waals surface area contributed by atoms with Gasteiger partial charge in [-0.1, -0.05) is 36.0 Å². The topological polar surface area (TPSA) is 112 Å². The number of nitrogens with one attached hydrogen (secondary N) is 1. The number of hydrogen-bond donors (Lipinski definition) is 3. The minimum Gasteiger partial charge on any atom is -0.368 e. The van der Waals surface area contributed by atoms with E-state index in [9.17, 15) is 4.79 Å². The molecule has 1 amide bonds. The van der Waals surface area contributed by atoms with Gasteiger partial charge in [-0.3, -0.25) is 14.8 Å². The second kappa shape index (κ2) is 6.59. The molecular weight excluding hydrogens is 288 g/mol. The molecule has 5 N–H and O–H groups in total. The Hall–Kier alpha value is -2.06. The van der Waals surface area contributed by atoms with Crippen molar-refractivity contribution in [2.45, 2.75) is 23.8 Å². The molecule has 0 aliphatic rings. The third kappa shape index (κ3) is 3.53. The number of aromatic nitrogens is 3. The Morgan fingerprint density at radius 3 is 2.57 bits per heavy atom. The van der Waals surface area contributed by atoms with Gasteiger partial charge >= 0.3 is 0 Å². The molecule has 0 spiro atoms. The lowest BCUT2D eigenvalue weighted by molar-refractivity contribution is -0.122. The van der Waals surface area contributed by atoms with Crippen LogP contribution in [0.25, 0.3) is 0 Å². The summed E-state index contributed by atoms with van der Waals surface area (Å²) in [6.45, 7) is 1.81. The van der Waals surface area contributed by atoms with Gasteiger partial charge in [0.15, 0.2) is 5.16 Å². The van der Waals surface area contributed by atoms with E-state index in [1.807, 2.05) is 38.2 Å². The highest BCUT2D eigenvalue weighted by molar-refractivity contribution is 7.98. The van der Waals surface area contributed by atoms with Crippen molar-refractivity contribution in [2.75, 3.05) is 5.73 Å². The molecule has 1 atom stereocenters. The number of hydrazine groups is 1. The zero-order valence-electron chi connectivity index (χ0n) is 11.9. The first-order valence-corrected chi connectivity index (χ1v) is 7.38. The summed E-state index contributed by atoms with van der Waals surface area (Å²) in [5.74, 6) is 5.82. The zero-order valence-corrected chi connectivity index (χ0v) is 12.7. The van der Waals surface area contributed by atoms with E-state index in [2.05, 4.69) is 15.6 Å². The SMILES string of the molecule is CC(C(=O)NN)c1ccc(CSc2nnc(N)n2C)cc1. The molecule has 1 heterocycles. The normalized spacial score (nSPS) is 12.1. The molecule has 0 radical (unpaired) electrons. The van der Waals surface area contributed by atoms with Crippen molar-refractivity contribution in [3.8, 4) is 0 Å². The van der Waals surface area contributed by atoms with E-state index in [1.54, 1.807) is 16.3 Å². The number of benzene rings is 1. The van der Waals surface area contributed by atoms with Gasteiger partial charge in [-0.15, -0.1) is 10.2 Å². The van der Waals surface area contributed by atoms with E-state index in [-0.39, 0.29) is 11.8 Å². The van der Waals surface area contributed by atoms with Crippen molar-refractivity contribution in [1.29, 1.82) is 0 Å². The van der Waals surface area contributed by atoms with Crippen molar-refractivity contribution >= 4 is 23.6 Å². The average Bonchev–Trinajstić information content (AvgIpc) is 2.83. The number of nitrogens with two attached hydrogens (primary N) is 2. The van der Waals surface area contributed by atoms with Gasteiger partial charge in [-0.25, -0.2) is 5.84 Å². The first-order chi connectivity index (χ1) is 10.0. The van der Waals surface area contributed by atoms with Crippen molar-refractivity contribution in [3.05, 3.63) is 35.4 Å². The molecule has 112 valence electrons. The minimum atomic E-state index is -0.268. The largest absolute Gasteiger partial charge is 0.368 e. The maximum Gasteiger partial charge on any atom is 0.241 e. The first-order valence-electron chi connectivity index (χ1n) is 6.40. The van der Waals surface area contributed by atoms with Crippen molar-refractivity contribution in [1.82, 2.24) is 20.2 Å². The molecule has 7 nitrogen and oxygen atoms in total. The molecule has 1 unspecified atom stereocenters. The van der Waals surface area contributed by atoms with Gasteiger partial charge in [0.1, 0.15) is 0 Å². The number of anilines is 1. The molecular formula is C13H18N6OS. The molecule has 0 saturated heterocycles. The molecule has 2 aromatic rings. The number of rotatable bonds is 5. The lowest BCUT2D eigenvalue weighted by atomic mass is 10.00. The number of carbonyl (C=O) groups excluding carboxylic acids is 1. The molecule has 8 heteroatoms. The predicted octanol–water partition coefficient (Wildman–Crippen LogP) is 0.783. The third-order valence-corrected chi connectivity index (χ3v) is 4.34. The monoisotopic (exact) mass is 306 g/mol. The van der Waals surface area contributed by atoms with Gasteiger partial charge in [-0.2, -0.15) is 0 Å². The van der Waals surface area contributed by atoms with Crippen LogP contribution in [0.15, 0.2) is 29.4 Å². The van der Waals surface area contributed by atoms with Crippen LogP contribution in [0.1, 0.15) is 24.0 Å². The van der Waals surface area contributed by atoms with E-state index in [4.69, 9.17) is 11.6 Å². The number of carbonyl (C=O) groups is 1. The lowest BCUT2D eigenvalue weighted by Gasteiger charge is -2.10. The molecule has 21 heavy (non-hydrogen) atoms. The van der Waals surface area contributed by atoms with Gasteiger partial charge in [0, 0.05) is 12.8 Å². The van der Waals surface area contributed by atoms with Gasteiger partial charge in [-0.05, 0) is 18.1 Å². The third-order valence-electron chi connectivity index (χ3n) is 3.25. The summed E-state index contributed by atoms with van der Waals surface area (Å²) in [4.78, 5) is 11.5. The number of amides is 1. The smallest absolute Gasteiger partial charge is 0.241 e. The van der Waals surface area contributed by atoms with E-state index in [1.165, 1.54) is 0 Å². The highest BCUT2D eigenvalue weighted by Gasteiger charge is 2.13. The average molecular weight is 306 g/mol. The molecule has 0 bridgehead atoms. The molecule has 1 aromatic heterocycles. The summed E-state index contributed by atoms with van der Waals surface area (Å²) in [6.07, 6.45) is 0. The number of hydrogen-bond acceptors (Lipinski definition) is 6. The fourth-order valence-electron chi connectivity index (χ4n) is 1.78. The Balaban J connectivity index is 1.99. The Labute approximate surface area is 127 Å². The second-order valence-electron chi connectivity index (χ2n) is 4.66. The predicted molar refractivity (Wildman–Crippen MR) is 82.2 cm³/mol.